The molecule has 4 heteroatoms. The normalized spacial score (nSPS) is 26.4. The molecule has 1 aliphatic heterocycles. The van der Waals surface area contributed by atoms with E-state index in [4.69, 9.17) is 5.11 Å². The molecule has 1 saturated heterocycles. The fraction of sp³-hybridized carbons (Fsp3) is 0.900. The lowest BCUT2D eigenvalue weighted by atomic mass is 10.0. The number of hydrogen-bond donors (Lipinski definition) is 2. The van der Waals surface area contributed by atoms with E-state index in [1.54, 1.807) is 6.92 Å². The maximum atomic E-state index is 10.8. The zero-order valence-electron chi connectivity index (χ0n) is 9.16. The molecular weight excluding hydrogens is 180 g/mol. The minimum atomic E-state index is -0.713. The number of nitrogens with one attached hydrogen (secondary N) is 1. The van der Waals surface area contributed by atoms with Crippen molar-refractivity contribution in [2.75, 3.05) is 20.1 Å². The molecule has 82 valence electrons. The first-order chi connectivity index (χ1) is 6.54. The lowest BCUT2D eigenvalue weighted by Gasteiger charge is -2.32. The molecule has 3 atom stereocenters. The van der Waals surface area contributed by atoms with Gasteiger partial charge in [-0.3, -0.25) is 9.69 Å². The van der Waals surface area contributed by atoms with Crippen molar-refractivity contribution < 1.29 is 9.90 Å². The number of aliphatic carboxylic acids is 1. The van der Waals surface area contributed by atoms with E-state index in [-0.39, 0.29) is 12.0 Å². The van der Waals surface area contributed by atoms with Gasteiger partial charge < -0.3 is 10.4 Å². The number of nitrogens with zero attached hydrogens (tertiary/aromatic N) is 1. The number of carboxylic acid groups (broad SMARTS) is 1. The van der Waals surface area contributed by atoms with Crippen LogP contribution in [0.15, 0.2) is 0 Å². The van der Waals surface area contributed by atoms with Gasteiger partial charge in [0.25, 0.3) is 0 Å². The Morgan fingerprint density at radius 1 is 1.57 bits per heavy atom. The van der Waals surface area contributed by atoms with Crippen LogP contribution in [-0.2, 0) is 4.79 Å². The van der Waals surface area contributed by atoms with Gasteiger partial charge in [0.15, 0.2) is 0 Å². The van der Waals surface area contributed by atoms with Gasteiger partial charge in [0, 0.05) is 18.6 Å². The van der Waals surface area contributed by atoms with Crippen molar-refractivity contribution >= 4 is 5.97 Å². The minimum Gasteiger partial charge on any atom is -0.481 e. The smallest absolute Gasteiger partial charge is 0.307 e. The molecule has 0 aliphatic carbocycles. The van der Waals surface area contributed by atoms with Gasteiger partial charge in [0.05, 0.1) is 5.92 Å². The summed E-state index contributed by atoms with van der Waals surface area (Å²) in [6, 6.07) is 0.587. The number of hydrogen-bond acceptors (Lipinski definition) is 3. The lowest BCUT2D eigenvalue weighted by molar-refractivity contribution is -0.143. The SMILES string of the molecule is CC(C(=O)O)C(C)N(C)C1CCNC1. The van der Waals surface area contributed by atoms with Crippen LogP contribution in [0.3, 0.4) is 0 Å². The molecule has 0 radical (unpaired) electrons. The van der Waals surface area contributed by atoms with Gasteiger partial charge in [-0.2, -0.15) is 0 Å². The maximum Gasteiger partial charge on any atom is 0.307 e. The molecule has 0 aromatic rings. The summed E-state index contributed by atoms with van der Waals surface area (Å²) in [5, 5.41) is 12.2. The monoisotopic (exact) mass is 200 g/mol. The summed E-state index contributed by atoms with van der Waals surface area (Å²) in [7, 11) is 2.02. The van der Waals surface area contributed by atoms with Gasteiger partial charge in [0.1, 0.15) is 0 Å². The molecule has 0 aromatic heterocycles. The molecule has 1 aliphatic rings. The first-order valence-corrected chi connectivity index (χ1v) is 5.19. The van der Waals surface area contributed by atoms with Gasteiger partial charge >= 0.3 is 5.97 Å². The Bertz CT molecular complexity index is 202. The second-order valence-corrected chi connectivity index (χ2v) is 4.18. The summed E-state index contributed by atoms with van der Waals surface area (Å²) in [6.07, 6.45) is 1.12. The average molecular weight is 200 g/mol. The molecule has 0 spiro atoms. The van der Waals surface area contributed by atoms with E-state index in [0.29, 0.717) is 6.04 Å². The molecule has 14 heavy (non-hydrogen) atoms. The van der Waals surface area contributed by atoms with Crippen molar-refractivity contribution in [3.05, 3.63) is 0 Å². The van der Waals surface area contributed by atoms with E-state index < -0.39 is 5.97 Å². The summed E-state index contributed by atoms with van der Waals surface area (Å²) in [4.78, 5) is 13.0. The second-order valence-electron chi connectivity index (χ2n) is 4.18. The highest BCUT2D eigenvalue weighted by Gasteiger charge is 2.28. The summed E-state index contributed by atoms with van der Waals surface area (Å²) in [5.41, 5.74) is 0. The zero-order valence-corrected chi connectivity index (χ0v) is 9.16. The van der Waals surface area contributed by atoms with Crippen LogP contribution in [0, 0.1) is 5.92 Å². The van der Waals surface area contributed by atoms with Gasteiger partial charge in [-0.1, -0.05) is 6.92 Å². The van der Waals surface area contributed by atoms with Gasteiger partial charge in [-0.25, -0.2) is 0 Å². The minimum absolute atomic E-state index is 0.0948. The van der Waals surface area contributed by atoms with Crippen LogP contribution in [0.25, 0.3) is 0 Å². The van der Waals surface area contributed by atoms with Crippen molar-refractivity contribution in [1.29, 1.82) is 0 Å². The number of likely N-dealkylation sites (N-methyl/N-ethyl adjacent to an activating group) is 1. The molecule has 1 heterocycles. The van der Waals surface area contributed by atoms with Crippen LogP contribution in [0.2, 0.25) is 0 Å². The first kappa shape index (κ1) is 11.5. The highest BCUT2D eigenvalue weighted by molar-refractivity contribution is 5.70. The fourth-order valence-electron chi connectivity index (χ4n) is 1.88. The van der Waals surface area contributed by atoms with Crippen molar-refractivity contribution in [1.82, 2.24) is 10.2 Å². The van der Waals surface area contributed by atoms with Crippen LogP contribution in [0.1, 0.15) is 20.3 Å². The molecule has 2 N–H and O–H groups in total. The molecular formula is C10H20N2O2. The molecule has 1 rings (SSSR count). The molecule has 0 amide bonds. The Morgan fingerprint density at radius 2 is 2.21 bits per heavy atom. The molecule has 3 unspecified atom stereocenters. The van der Waals surface area contributed by atoms with Crippen LogP contribution >= 0.6 is 0 Å². The number of carbonyl (C=O) groups is 1. The fourth-order valence-corrected chi connectivity index (χ4v) is 1.88. The predicted octanol–water partition coefficient (Wildman–Crippen LogP) is 0.389. The summed E-state index contributed by atoms with van der Waals surface area (Å²) < 4.78 is 0. The Morgan fingerprint density at radius 3 is 2.64 bits per heavy atom. The standard InChI is InChI=1S/C10H20N2O2/c1-7(10(13)14)8(2)12(3)9-4-5-11-6-9/h7-9,11H,4-6H2,1-3H3,(H,13,14). The maximum absolute atomic E-state index is 10.8. The van der Waals surface area contributed by atoms with Crippen molar-refractivity contribution in [2.24, 2.45) is 5.92 Å². The van der Waals surface area contributed by atoms with E-state index in [9.17, 15) is 4.79 Å². The lowest BCUT2D eigenvalue weighted by Crippen LogP contribution is -2.44. The van der Waals surface area contributed by atoms with E-state index in [0.717, 1.165) is 19.5 Å². The van der Waals surface area contributed by atoms with E-state index in [2.05, 4.69) is 10.2 Å². The van der Waals surface area contributed by atoms with Gasteiger partial charge in [-0.15, -0.1) is 0 Å². The summed E-state index contributed by atoms with van der Waals surface area (Å²) in [6.45, 7) is 5.78. The largest absolute Gasteiger partial charge is 0.481 e. The zero-order chi connectivity index (χ0) is 10.7. The average Bonchev–Trinajstić information content (AvgIpc) is 2.67. The Labute approximate surface area is 85.3 Å². The molecule has 0 bridgehead atoms. The Balaban J connectivity index is 2.49. The van der Waals surface area contributed by atoms with Gasteiger partial charge in [0.2, 0.25) is 0 Å². The van der Waals surface area contributed by atoms with Crippen molar-refractivity contribution in [2.45, 2.75) is 32.4 Å². The molecule has 4 nitrogen and oxygen atoms in total. The molecule has 0 saturated carbocycles. The van der Waals surface area contributed by atoms with Crippen molar-refractivity contribution in [3.8, 4) is 0 Å². The summed E-state index contributed by atoms with van der Waals surface area (Å²) >= 11 is 0. The van der Waals surface area contributed by atoms with E-state index >= 15 is 0 Å². The summed E-state index contributed by atoms with van der Waals surface area (Å²) in [5.74, 6) is -1.02. The molecule has 0 aromatic carbocycles. The predicted molar refractivity (Wildman–Crippen MR) is 55.3 cm³/mol. The van der Waals surface area contributed by atoms with Crippen LogP contribution in [0.4, 0.5) is 0 Å². The van der Waals surface area contributed by atoms with Crippen molar-refractivity contribution in [3.63, 3.8) is 0 Å². The second kappa shape index (κ2) is 4.75. The first-order valence-electron chi connectivity index (χ1n) is 5.19. The topological polar surface area (TPSA) is 52.6 Å². The third kappa shape index (κ3) is 2.45. The number of carboxylic acids is 1. The number of rotatable bonds is 4. The Hall–Kier alpha value is -0.610. The van der Waals surface area contributed by atoms with E-state index in [1.165, 1.54) is 0 Å². The highest BCUT2D eigenvalue weighted by atomic mass is 16.4. The molecule has 1 fully saturated rings. The third-order valence-electron chi connectivity index (χ3n) is 3.37. The van der Waals surface area contributed by atoms with Crippen LogP contribution in [0.5, 0.6) is 0 Å². The van der Waals surface area contributed by atoms with Crippen LogP contribution in [-0.4, -0.2) is 48.2 Å². The Kier molecular flexibility index (Phi) is 3.89. The van der Waals surface area contributed by atoms with Gasteiger partial charge in [-0.05, 0) is 26.9 Å². The highest BCUT2D eigenvalue weighted by Crippen LogP contribution is 2.15. The quantitative estimate of drug-likeness (QED) is 0.689. The van der Waals surface area contributed by atoms with E-state index in [1.807, 2.05) is 14.0 Å². The third-order valence-corrected chi connectivity index (χ3v) is 3.37. The van der Waals surface area contributed by atoms with Crippen LogP contribution < -0.4 is 5.32 Å².